The molecular weight excluding hydrogens is 310 g/mol. The van der Waals surface area contributed by atoms with Gasteiger partial charge < -0.3 is 4.90 Å². The summed E-state index contributed by atoms with van der Waals surface area (Å²) < 4.78 is 23.2. The maximum absolute atomic E-state index is 12.6. The van der Waals surface area contributed by atoms with Crippen molar-refractivity contribution >= 4 is 15.7 Å². The second-order valence-electron chi connectivity index (χ2n) is 7.03. The molecule has 0 radical (unpaired) electrons. The molecule has 2 unspecified atom stereocenters. The first-order chi connectivity index (χ1) is 10.7. The molecule has 1 aromatic carbocycles. The van der Waals surface area contributed by atoms with Gasteiger partial charge in [0.15, 0.2) is 9.84 Å². The van der Waals surface area contributed by atoms with Gasteiger partial charge in [-0.2, -0.15) is 0 Å². The van der Waals surface area contributed by atoms with E-state index < -0.39 is 9.84 Å². The Labute approximate surface area is 139 Å². The summed E-state index contributed by atoms with van der Waals surface area (Å²) in [5.41, 5.74) is 2.38. The van der Waals surface area contributed by atoms with Crippen LogP contribution in [0.4, 0.5) is 0 Å². The molecule has 2 rings (SSSR count). The second kappa shape index (κ2) is 7.04. The lowest BCUT2D eigenvalue weighted by Gasteiger charge is -2.28. The van der Waals surface area contributed by atoms with Crippen molar-refractivity contribution in [3.8, 4) is 0 Å². The highest BCUT2D eigenvalue weighted by molar-refractivity contribution is 7.91. The van der Waals surface area contributed by atoms with Crippen molar-refractivity contribution in [2.75, 3.05) is 18.6 Å². The molecule has 0 aromatic heterocycles. The SMILES string of the molecule is Cc1ccc(C(CC(=O)N(C)C2CCS(=O)(=O)C2)C(C)C)cc1. The van der Waals surface area contributed by atoms with Gasteiger partial charge in [0.1, 0.15) is 0 Å². The molecule has 5 heteroatoms. The molecule has 1 aliphatic rings. The highest BCUT2D eigenvalue weighted by Crippen LogP contribution is 2.29. The van der Waals surface area contributed by atoms with Crippen LogP contribution in [0, 0.1) is 12.8 Å². The van der Waals surface area contributed by atoms with Crippen molar-refractivity contribution in [3.05, 3.63) is 35.4 Å². The van der Waals surface area contributed by atoms with Crippen LogP contribution in [0.25, 0.3) is 0 Å². The maximum atomic E-state index is 12.6. The van der Waals surface area contributed by atoms with Crippen molar-refractivity contribution in [2.45, 2.75) is 45.6 Å². The quantitative estimate of drug-likeness (QED) is 0.830. The fourth-order valence-electron chi connectivity index (χ4n) is 3.17. The molecule has 1 aromatic rings. The Morgan fingerprint density at radius 1 is 1.26 bits per heavy atom. The molecule has 4 nitrogen and oxygen atoms in total. The zero-order chi connectivity index (χ0) is 17.2. The number of benzene rings is 1. The fraction of sp³-hybridized carbons (Fsp3) is 0.611. The van der Waals surface area contributed by atoms with Gasteiger partial charge >= 0.3 is 0 Å². The lowest BCUT2D eigenvalue weighted by atomic mass is 9.85. The maximum Gasteiger partial charge on any atom is 0.223 e. The minimum Gasteiger partial charge on any atom is -0.342 e. The van der Waals surface area contributed by atoms with E-state index in [1.165, 1.54) is 11.1 Å². The van der Waals surface area contributed by atoms with Gasteiger partial charge in [0, 0.05) is 19.5 Å². The van der Waals surface area contributed by atoms with Crippen molar-refractivity contribution in [2.24, 2.45) is 5.92 Å². The second-order valence-corrected chi connectivity index (χ2v) is 9.26. The number of aryl methyl sites for hydroxylation is 1. The van der Waals surface area contributed by atoms with Crippen molar-refractivity contribution in [1.82, 2.24) is 4.90 Å². The summed E-state index contributed by atoms with van der Waals surface area (Å²) in [6, 6.07) is 8.16. The minimum absolute atomic E-state index is 0.0337. The molecule has 0 bridgehead atoms. The lowest BCUT2D eigenvalue weighted by molar-refractivity contribution is -0.132. The molecule has 1 amide bonds. The standard InChI is InChI=1S/C18H27NO3S/c1-13(2)17(15-7-5-14(3)6-8-15)11-18(20)19(4)16-9-10-23(21,22)12-16/h5-8,13,16-17H,9-12H2,1-4H3. The van der Waals surface area contributed by atoms with Gasteiger partial charge in [0.05, 0.1) is 11.5 Å². The average Bonchev–Trinajstić information content (AvgIpc) is 2.84. The van der Waals surface area contributed by atoms with Gasteiger partial charge in [-0.15, -0.1) is 0 Å². The van der Waals surface area contributed by atoms with E-state index in [4.69, 9.17) is 0 Å². The molecule has 1 fully saturated rings. The first-order valence-electron chi connectivity index (χ1n) is 8.22. The van der Waals surface area contributed by atoms with Gasteiger partial charge in [0.2, 0.25) is 5.91 Å². The molecule has 0 aliphatic carbocycles. The van der Waals surface area contributed by atoms with Crippen LogP contribution in [0.2, 0.25) is 0 Å². The third-order valence-corrected chi connectivity index (χ3v) is 6.60. The molecule has 2 atom stereocenters. The summed E-state index contributed by atoms with van der Waals surface area (Å²) in [7, 11) is -1.23. The summed E-state index contributed by atoms with van der Waals surface area (Å²) in [5.74, 6) is 0.838. The molecule has 1 saturated heterocycles. The van der Waals surface area contributed by atoms with Crippen LogP contribution in [-0.2, 0) is 14.6 Å². The van der Waals surface area contributed by atoms with Crippen LogP contribution in [0.1, 0.15) is 43.7 Å². The van der Waals surface area contributed by atoms with Crippen molar-refractivity contribution in [3.63, 3.8) is 0 Å². The molecule has 1 heterocycles. The summed E-state index contributed by atoms with van der Waals surface area (Å²) in [6.45, 7) is 6.29. The minimum atomic E-state index is -2.97. The van der Waals surface area contributed by atoms with E-state index in [-0.39, 0.29) is 29.4 Å². The Morgan fingerprint density at radius 3 is 2.35 bits per heavy atom. The summed E-state index contributed by atoms with van der Waals surface area (Å²) in [6.07, 6.45) is 0.981. The normalized spacial score (nSPS) is 21.3. The Kier molecular flexibility index (Phi) is 5.50. The number of carbonyl (C=O) groups is 1. The lowest BCUT2D eigenvalue weighted by Crippen LogP contribution is -2.38. The summed E-state index contributed by atoms with van der Waals surface area (Å²) >= 11 is 0. The van der Waals surface area contributed by atoms with Crippen molar-refractivity contribution < 1.29 is 13.2 Å². The molecular formula is C18H27NO3S. The molecule has 0 spiro atoms. The van der Waals surface area contributed by atoms with E-state index in [9.17, 15) is 13.2 Å². The van der Waals surface area contributed by atoms with Gasteiger partial charge in [-0.3, -0.25) is 4.79 Å². The van der Waals surface area contributed by atoms with E-state index in [2.05, 4.69) is 38.1 Å². The van der Waals surface area contributed by atoms with E-state index in [0.29, 0.717) is 18.8 Å². The highest BCUT2D eigenvalue weighted by Gasteiger charge is 2.33. The Balaban J connectivity index is 2.07. The predicted molar refractivity (Wildman–Crippen MR) is 93.2 cm³/mol. The van der Waals surface area contributed by atoms with Crippen LogP contribution in [0.5, 0.6) is 0 Å². The number of carbonyl (C=O) groups excluding carboxylic acids is 1. The molecule has 23 heavy (non-hydrogen) atoms. The molecule has 128 valence electrons. The van der Waals surface area contributed by atoms with Crippen LogP contribution in [-0.4, -0.2) is 43.8 Å². The largest absolute Gasteiger partial charge is 0.342 e. The number of amides is 1. The highest BCUT2D eigenvalue weighted by atomic mass is 32.2. The Bertz CT molecular complexity index is 649. The van der Waals surface area contributed by atoms with Crippen LogP contribution in [0.15, 0.2) is 24.3 Å². The van der Waals surface area contributed by atoms with E-state index in [0.717, 1.165) is 0 Å². The number of nitrogens with zero attached hydrogens (tertiary/aromatic N) is 1. The number of hydrogen-bond donors (Lipinski definition) is 0. The average molecular weight is 337 g/mol. The molecule has 1 aliphatic heterocycles. The zero-order valence-electron chi connectivity index (χ0n) is 14.5. The summed E-state index contributed by atoms with van der Waals surface area (Å²) in [5, 5.41) is 0. The van der Waals surface area contributed by atoms with Crippen LogP contribution < -0.4 is 0 Å². The number of rotatable bonds is 5. The Morgan fingerprint density at radius 2 is 1.87 bits per heavy atom. The number of hydrogen-bond acceptors (Lipinski definition) is 3. The van der Waals surface area contributed by atoms with Crippen molar-refractivity contribution in [1.29, 1.82) is 0 Å². The topological polar surface area (TPSA) is 54.5 Å². The zero-order valence-corrected chi connectivity index (χ0v) is 15.3. The van der Waals surface area contributed by atoms with Gasteiger partial charge in [-0.05, 0) is 30.7 Å². The fourth-order valence-corrected chi connectivity index (χ4v) is 4.94. The molecule has 0 saturated carbocycles. The molecule has 0 N–H and O–H groups in total. The van der Waals surface area contributed by atoms with E-state index >= 15 is 0 Å². The van der Waals surface area contributed by atoms with Crippen LogP contribution in [0.3, 0.4) is 0 Å². The monoisotopic (exact) mass is 337 g/mol. The predicted octanol–water partition coefficient (Wildman–Crippen LogP) is 2.77. The smallest absolute Gasteiger partial charge is 0.223 e. The first-order valence-corrected chi connectivity index (χ1v) is 10.0. The summed E-state index contributed by atoms with van der Waals surface area (Å²) in [4.78, 5) is 14.3. The van der Waals surface area contributed by atoms with Crippen LogP contribution >= 0.6 is 0 Å². The van der Waals surface area contributed by atoms with Gasteiger partial charge in [-0.1, -0.05) is 43.7 Å². The van der Waals surface area contributed by atoms with E-state index in [1.54, 1.807) is 11.9 Å². The Hall–Kier alpha value is -1.36. The third kappa shape index (κ3) is 4.56. The first kappa shape index (κ1) is 18.0. The van der Waals surface area contributed by atoms with E-state index in [1.807, 2.05) is 6.92 Å². The van der Waals surface area contributed by atoms with Gasteiger partial charge in [0.25, 0.3) is 0 Å². The van der Waals surface area contributed by atoms with Gasteiger partial charge in [-0.25, -0.2) is 8.42 Å². The third-order valence-electron chi connectivity index (χ3n) is 4.85. The number of sulfone groups is 1.